The van der Waals surface area contributed by atoms with Gasteiger partial charge in [-0.05, 0) is 135 Å². The molecule has 0 saturated carbocycles. The fraction of sp³-hybridized carbons (Fsp3) is 0. The van der Waals surface area contributed by atoms with Crippen LogP contribution in [0.3, 0.4) is 0 Å². The number of para-hydroxylation sites is 4. The van der Waals surface area contributed by atoms with E-state index < -0.39 is 0 Å². The Bertz CT molecular complexity index is 4490. The van der Waals surface area contributed by atoms with Gasteiger partial charge in [0.05, 0.1) is 11.0 Å². The zero-order valence-corrected chi connectivity index (χ0v) is 40.1. The number of aromatic nitrogens is 6. The van der Waals surface area contributed by atoms with Gasteiger partial charge in [-0.2, -0.15) is 0 Å². The van der Waals surface area contributed by atoms with E-state index in [2.05, 4.69) is 150 Å². The van der Waals surface area contributed by atoms with Crippen molar-refractivity contribution in [3.63, 3.8) is 0 Å². The first-order chi connectivity index (χ1) is 37.1. The van der Waals surface area contributed by atoms with Gasteiger partial charge in [-0.3, -0.25) is 0 Å². The molecule has 15 rings (SSSR count). The van der Waals surface area contributed by atoms with Crippen LogP contribution in [0.15, 0.2) is 251 Å². The van der Waals surface area contributed by atoms with Crippen LogP contribution in [0.2, 0.25) is 0 Å². The van der Waals surface area contributed by atoms with E-state index >= 15 is 0 Å². The third-order valence-electron chi connectivity index (χ3n) is 14.3. The van der Waals surface area contributed by atoms with Crippen LogP contribution in [-0.2, 0) is 0 Å². The summed E-state index contributed by atoms with van der Waals surface area (Å²) < 4.78 is 14.6. The topological polar surface area (TPSA) is 95.7 Å². The molecule has 0 spiro atoms. The molecular formula is C67H40N6O2. The molecule has 8 nitrogen and oxygen atoms in total. The molecule has 0 bridgehead atoms. The molecule has 0 atom stereocenters. The second-order valence-corrected chi connectivity index (χ2v) is 18.9. The standard InChI is InChI=1S/C67H40N6O2/c1-2-11-41(12-3-1)48-15-10-16-54(36-48)73-59-39-50-14-5-4-13-49(50)37-55(59)56-38-53-35-51(33-34-52(53)40-60(56)73)42-21-23-43(24-22-42)63-70-64(44-25-29-46(30-26-44)66-68-57-17-6-8-19-61(57)74-66)72-65(71-63)45-27-31-47(32-28-45)67-69-58-18-7-9-20-62(58)75-67/h1-40H. The molecule has 11 aromatic carbocycles. The van der Waals surface area contributed by atoms with Crippen molar-refractivity contribution >= 4 is 65.6 Å². The van der Waals surface area contributed by atoms with Gasteiger partial charge in [-0.1, -0.05) is 152 Å². The van der Waals surface area contributed by atoms with E-state index in [9.17, 15) is 0 Å². The molecule has 75 heavy (non-hydrogen) atoms. The van der Waals surface area contributed by atoms with Crippen molar-refractivity contribution in [1.29, 1.82) is 0 Å². The van der Waals surface area contributed by atoms with E-state index in [0.717, 1.165) is 66.8 Å². The first kappa shape index (κ1) is 42.4. The Kier molecular flexibility index (Phi) is 9.71. The van der Waals surface area contributed by atoms with Crippen molar-refractivity contribution < 1.29 is 8.83 Å². The van der Waals surface area contributed by atoms with Crippen LogP contribution >= 0.6 is 0 Å². The van der Waals surface area contributed by atoms with Crippen molar-refractivity contribution in [1.82, 2.24) is 29.5 Å². The number of benzene rings is 11. The summed E-state index contributed by atoms with van der Waals surface area (Å²) in [6.07, 6.45) is 0. The average Bonchev–Trinajstić information content (AvgIpc) is 4.21. The van der Waals surface area contributed by atoms with E-state index in [1.807, 2.05) is 97.1 Å². The highest BCUT2D eigenvalue weighted by Crippen LogP contribution is 2.39. The van der Waals surface area contributed by atoms with Crippen LogP contribution in [0.4, 0.5) is 0 Å². The van der Waals surface area contributed by atoms with Crippen LogP contribution in [-0.4, -0.2) is 29.5 Å². The van der Waals surface area contributed by atoms with Crippen LogP contribution in [0.25, 0.3) is 151 Å². The lowest BCUT2D eigenvalue weighted by Crippen LogP contribution is -2.00. The summed E-state index contributed by atoms with van der Waals surface area (Å²) in [4.78, 5) is 24.7. The van der Waals surface area contributed by atoms with E-state index in [1.165, 1.54) is 54.5 Å². The average molecular weight is 961 g/mol. The lowest BCUT2D eigenvalue weighted by molar-refractivity contribution is 0.619. The zero-order chi connectivity index (χ0) is 49.4. The Labute approximate surface area is 429 Å². The molecule has 8 heteroatoms. The molecule has 0 unspecified atom stereocenters. The van der Waals surface area contributed by atoms with Crippen LogP contribution in [0.1, 0.15) is 0 Å². The van der Waals surface area contributed by atoms with E-state index in [4.69, 9.17) is 33.8 Å². The zero-order valence-electron chi connectivity index (χ0n) is 40.1. The summed E-state index contributed by atoms with van der Waals surface area (Å²) >= 11 is 0. The maximum Gasteiger partial charge on any atom is 0.227 e. The predicted octanol–water partition coefficient (Wildman–Crippen LogP) is 17.2. The predicted molar refractivity (Wildman–Crippen MR) is 302 cm³/mol. The second-order valence-electron chi connectivity index (χ2n) is 18.9. The molecule has 4 heterocycles. The quantitative estimate of drug-likeness (QED) is 0.150. The van der Waals surface area contributed by atoms with Crippen LogP contribution in [0.5, 0.6) is 0 Å². The highest BCUT2D eigenvalue weighted by atomic mass is 16.4. The Hall–Kier alpha value is -10.3. The van der Waals surface area contributed by atoms with Crippen molar-refractivity contribution in [2.45, 2.75) is 0 Å². The van der Waals surface area contributed by atoms with Crippen molar-refractivity contribution in [2.75, 3.05) is 0 Å². The van der Waals surface area contributed by atoms with Gasteiger partial charge in [-0.15, -0.1) is 0 Å². The molecular weight excluding hydrogens is 921 g/mol. The molecule has 0 radical (unpaired) electrons. The minimum Gasteiger partial charge on any atom is -0.436 e. The molecule has 0 fully saturated rings. The van der Waals surface area contributed by atoms with E-state index in [0.29, 0.717) is 29.3 Å². The van der Waals surface area contributed by atoms with Gasteiger partial charge >= 0.3 is 0 Å². The maximum atomic E-state index is 6.09. The summed E-state index contributed by atoms with van der Waals surface area (Å²) in [5.74, 6) is 2.77. The van der Waals surface area contributed by atoms with Crippen molar-refractivity contribution in [2.24, 2.45) is 0 Å². The molecule has 0 N–H and O–H groups in total. The molecule has 0 amide bonds. The molecule has 350 valence electrons. The lowest BCUT2D eigenvalue weighted by atomic mass is 9.98. The number of rotatable bonds is 8. The Morgan fingerprint density at radius 3 is 1.24 bits per heavy atom. The fourth-order valence-electron chi connectivity index (χ4n) is 10.4. The summed E-state index contributed by atoms with van der Waals surface area (Å²) in [7, 11) is 0. The minimum atomic E-state index is 0.547. The van der Waals surface area contributed by atoms with Crippen molar-refractivity contribution in [3.8, 4) is 85.0 Å². The minimum absolute atomic E-state index is 0.547. The largest absolute Gasteiger partial charge is 0.436 e. The van der Waals surface area contributed by atoms with Gasteiger partial charge in [0.2, 0.25) is 11.8 Å². The number of oxazole rings is 2. The van der Waals surface area contributed by atoms with E-state index in [1.54, 1.807) is 0 Å². The van der Waals surface area contributed by atoms with Gasteiger partial charge in [0.1, 0.15) is 11.0 Å². The highest BCUT2D eigenvalue weighted by molar-refractivity contribution is 6.17. The third-order valence-corrected chi connectivity index (χ3v) is 14.3. The molecule has 15 aromatic rings. The lowest BCUT2D eigenvalue weighted by Gasteiger charge is -2.12. The SMILES string of the molecule is c1ccc(-c2cccc(-n3c4cc5ccccc5cc4c4cc5cc(-c6ccc(-c7nc(-c8ccc(-c9nc%10ccccc%10o9)cc8)nc(-c8ccc(-c9nc%10ccccc%10o9)cc8)n7)cc6)ccc5cc43)c2)cc1. The van der Waals surface area contributed by atoms with Gasteiger partial charge in [0.15, 0.2) is 28.6 Å². The van der Waals surface area contributed by atoms with Crippen LogP contribution < -0.4 is 0 Å². The van der Waals surface area contributed by atoms with Gasteiger partial charge in [0, 0.05) is 44.3 Å². The van der Waals surface area contributed by atoms with Crippen molar-refractivity contribution in [3.05, 3.63) is 243 Å². The van der Waals surface area contributed by atoms with Gasteiger partial charge < -0.3 is 13.4 Å². The van der Waals surface area contributed by atoms with Crippen LogP contribution in [0, 0.1) is 0 Å². The smallest absolute Gasteiger partial charge is 0.227 e. The Morgan fingerprint density at radius 2 is 0.680 bits per heavy atom. The summed E-state index contributed by atoms with van der Waals surface area (Å²) in [6, 6.07) is 84.3. The number of nitrogens with zero attached hydrogens (tertiary/aromatic N) is 6. The normalized spacial score (nSPS) is 11.7. The molecule has 0 aliphatic carbocycles. The molecule has 0 aliphatic heterocycles. The first-order valence-corrected chi connectivity index (χ1v) is 24.9. The first-order valence-electron chi connectivity index (χ1n) is 24.9. The molecule has 4 aromatic heterocycles. The Balaban J connectivity index is 0.799. The summed E-state index contributed by atoms with van der Waals surface area (Å²) in [5.41, 5.74) is 15.4. The number of hydrogen-bond acceptors (Lipinski definition) is 7. The number of fused-ring (bicyclic) bond motifs is 7. The van der Waals surface area contributed by atoms with Gasteiger partial charge in [0.25, 0.3) is 0 Å². The van der Waals surface area contributed by atoms with E-state index in [-0.39, 0.29) is 0 Å². The summed E-state index contributed by atoms with van der Waals surface area (Å²) in [6.45, 7) is 0. The second kappa shape index (κ2) is 17.2. The third kappa shape index (κ3) is 7.51. The summed E-state index contributed by atoms with van der Waals surface area (Å²) in [5, 5.41) is 7.21. The monoisotopic (exact) mass is 960 g/mol. The maximum absolute atomic E-state index is 6.09. The number of hydrogen-bond donors (Lipinski definition) is 0. The highest BCUT2D eigenvalue weighted by Gasteiger charge is 2.18. The molecule has 0 saturated heterocycles. The van der Waals surface area contributed by atoms with Gasteiger partial charge in [-0.25, -0.2) is 24.9 Å². The molecule has 0 aliphatic rings. The Morgan fingerprint density at radius 1 is 0.267 bits per heavy atom. The fourth-order valence-corrected chi connectivity index (χ4v) is 10.4.